The van der Waals surface area contributed by atoms with Crippen molar-refractivity contribution in [3.8, 4) is 11.1 Å². The molecule has 2 aromatic carbocycles. The number of aliphatic imine (C=N–C) groups is 1. The number of H-pyrrole nitrogens is 1. The Morgan fingerprint density at radius 3 is 2.64 bits per heavy atom. The number of benzene rings is 2. The number of fused-ring (bicyclic) bond motifs is 1. The molecule has 5 rings (SSSR count). The zero-order valence-corrected chi connectivity index (χ0v) is 19.8. The Balaban J connectivity index is 1.47. The number of thioether (sulfide) groups is 1. The Labute approximate surface area is 198 Å². The fourth-order valence-electron chi connectivity index (χ4n) is 4.10. The summed E-state index contributed by atoms with van der Waals surface area (Å²) in [5.41, 5.74) is 6.40. The summed E-state index contributed by atoms with van der Waals surface area (Å²) < 4.78 is 0. The van der Waals surface area contributed by atoms with Crippen molar-refractivity contribution in [3.63, 3.8) is 0 Å². The van der Waals surface area contributed by atoms with Gasteiger partial charge in [-0.2, -0.15) is 5.10 Å². The minimum absolute atomic E-state index is 0.302. The summed E-state index contributed by atoms with van der Waals surface area (Å²) in [4.78, 5) is 14.2. The van der Waals surface area contributed by atoms with Crippen LogP contribution in [-0.2, 0) is 6.54 Å². The van der Waals surface area contributed by atoms with E-state index < -0.39 is 0 Å². The van der Waals surface area contributed by atoms with E-state index >= 15 is 0 Å². The summed E-state index contributed by atoms with van der Waals surface area (Å²) in [5, 5.41) is 12.6. The average Bonchev–Trinajstić information content (AvgIpc) is 3.28. The second-order valence-electron chi connectivity index (χ2n) is 8.57. The number of rotatable bonds is 7. The van der Waals surface area contributed by atoms with Crippen molar-refractivity contribution >= 4 is 34.8 Å². The lowest BCUT2D eigenvalue weighted by atomic mass is 10.00. The van der Waals surface area contributed by atoms with Gasteiger partial charge in [-0.25, -0.2) is 9.97 Å². The molecule has 0 fully saturated rings. The van der Waals surface area contributed by atoms with Crippen molar-refractivity contribution < 1.29 is 0 Å². The van der Waals surface area contributed by atoms with Gasteiger partial charge >= 0.3 is 0 Å². The predicted molar refractivity (Wildman–Crippen MR) is 137 cm³/mol. The van der Waals surface area contributed by atoms with E-state index in [1.807, 2.05) is 12.3 Å². The van der Waals surface area contributed by atoms with Crippen LogP contribution < -0.4 is 5.32 Å². The highest BCUT2D eigenvalue weighted by Gasteiger charge is 2.20. The summed E-state index contributed by atoms with van der Waals surface area (Å²) in [5.74, 6) is 1.08. The largest absolute Gasteiger partial charge is 0.364 e. The first-order chi connectivity index (χ1) is 16.2. The van der Waals surface area contributed by atoms with E-state index in [0.29, 0.717) is 17.7 Å². The SMILES string of the molecule is CC(C)c1[nH]nc2c(NCc3ccccc3-c3ccccc3)nc(S[C@@H]3CC=NCC3)nc12. The molecule has 6 nitrogen and oxygen atoms in total. The van der Waals surface area contributed by atoms with Crippen LogP contribution in [0.15, 0.2) is 64.7 Å². The number of anilines is 1. The lowest BCUT2D eigenvalue weighted by molar-refractivity contribution is 0.761. The molecule has 7 heteroatoms. The van der Waals surface area contributed by atoms with Crippen LogP contribution in [0.25, 0.3) is 22.2 Å². The van der Waals surface area contributed by atoms with Crippen LogP contribution in [0, 0.1) is 0 Å². The fourth-order valence-corrected chi connectivity index (χ4v) is 5.10. The van der Waals surface area contributed by atoms with Crippen LogP contribution in [0.1, 0.15) is 43.9 Å². The molecule has 0 spiro atoms. The molecule has 0 amide bonds. The quantitative estimate of drug-likeness (QED) is 0.329. The zero-order valence-electron chi connectivity index (χ0n) is 19.0. The molecule has 0 saturated carbocycles. The first-order valence-corrected chi connectivity index (χ1v) is 12.3. The normalized spacial score (nSPS) is 15.9. The van der Waals surface area contributed by atoms with Crippen molar-refractivity contribution in [2.75, 3.05) is 11.9 Å². The molecule has 1 aliphatic heterocycles. The van der Waals surface area contributed by atoms with Crippen molar-refractivity contribution in [1.29, 1.82) is 0 Å². The molecule has 4 aromatic rings. The van der Waals surface area contributed by atoms with Crippen LogP contribution in [-0.4, -0.2) is 38.2 Å². The molecule has 2 N–H and O–H groups in total. The predicted octanol–water partition coefficient (Wildman–Crippen LogP) is 6.08. The van der Waals surface area contributed by atoms with E-state index in [0.717, 1.165) is 47.1 Å². The molecule has 33 heavy (non-hydrogen) atoms. The summed E-state index contributed by atoms with van der Waals surface area (Å²) in [7, 11) is 0. The lowest BCUT2D eigenvalue weighted by Crippen LogP contribution is -2.12. The third-order valence-corrected chi connectivity index (χ3v) is 7.04. The summed E-state index contributed by atoms with van der Waals surface area (Å²) in [6, 6.07) is 19.0. The molecule has 1 aliphatic rings. The number of aromatic nitrogens is 4. The molecule has 2 aromatic heterocycles. The number of nitrogens with zero attached hydrogens (tertiary/aromatic N) is 4. The summed E-state index contributed by atoms with van der Waals surface area (Å²) in [6.45, 7) is 5.84. The number of hydrogen-bond donors (Lipinski definition) is 2. The van der Waals surface area contributed by atoms with Crippen LogP contribution in [0.5, 0.6) is 0 Å². The van der Waals surface area contributed by atoms with Gasteiger partial charge in [0.05, 0.1) is 5.69 Å². The van der Waals surface area contributed by atoms with E-state index in [4.69, 9.17) is 9.97 Å². The van der Waals surface area contributed by atoms with Gasteiger partial charge in [-0.1, -0.05) is 80.2 Å². The van der Waals surface area contributed by atoms with E-state index in [1.165, 1.54) is 16.7 Å². The maximum absolute atomic E-state index is 4.90. The Bertz CT molecular complexity index is 1260. The van der Waals surface area contributed by atoms with Crippen molar-refractivity contribution in [2.24, 2.45) is 4.99 Å². The molecular weight excluding hydrogens is 428 g/mol. The molecule has 0 unspecified atom stereocenters. The average molecular weight is 457 g/mol. The standard InChI is InChI=1S/C26H28N6S/c1-17(2)22-23-24(32-31-22)25(30-26(29-23)33-20-12-14-27-15-13-20)28-16-19-10-6-7-11-21(19)18-8-4-3-5-9-18/h3-11,14,17,20H,12-13,15-16H2,1-2H3,(H,31,32)(H,28,29,30)/t20-/m1/s1. The van der Waals surface area contributed by atoms with Crippen LogP contribution >= 0.6 is 11.8 Å². The third kappa shape index (κ3) is 4.78. The molecule has 3 heterocycles. The maximum Gasteiger partial charge on any atom is 0.190 e. The highest BCUT2D eigenvalue weighted by molar-refractivity contribution is 7.99. The highest BCUT2D eigenvalue weighted by atomic mass is 32.2. The molecule has 168 valence electrons. The highest BCUT2D eigenvalue weighted by Crippen LogP contribution is 2.32. The molecule has 0 bridgehead atoms. The minimum atomic E-state index is 0.302. The fraction of sp³-hybridized carbons (Fsp3) is 0.308. The van der Waals surface area contributed by atoms with E-state index in [9.17, 15) is 0 Å². The molecule has 0 radical (unpaired) electrons. The zero-order chi connectivity index (χ0) is 22.6. The van der Waals surface area contributed by atoms with E-state index in [2.05, 4.69) is 82.9 Å². The van der Waals surface area contributed by atoms with Gasteiger partial charge in [0.25, 0.3) is 0 Å². The van der Waals surface area contributed by atoms with Gasteiger partial charge in [-0.15, -0.1) is 0 Å². The first-order valence-electron chi connectivity index (χ1n) is 11.5. The van der Waals surface area contributed by atoms with Gasteiger partial charge in [0, 0.05) is 18.3 Å². The smallest absolute Gasteiger partial charge is 0.190 e. The molecule has 0 saturated heterocycles. The van der Waals surface area contributed by atoms with Gasteiger partial charge in [-0.3, -0.25) is 10.1 Å². The van der Waals surface area contributed by atoms with Crippen molar-refractivity contribution in [1.82, 2.24) is 20.2 Å². The second kappa shape index (κ2) is 9.75. The first kappa shape index (κ1) is 21.6. The maximum atomic E-state index is 4.90. The Morgan fingerprint density at radius 1 is 1.03 bits per heavy atom. The minimum Gasteiger partial charge on any atom is -0.364 e. The van der Waals surface area contributed by atoms with Gasteiger partial charge in [0.15, 0.2) is 16.5 Å². The van der Waals surface area contributed by atoms with E-state index in [1.54, 1.807) is 11.8 Å². The lowest BCUT2D eigenvalue weighted by Gasteiger charge is -2.16. The van der Waals surface area contributed by atoms with Gasteiger partial charge in [0.2, 0.25) is 0 Å². The topological polar surface area (TPSA) is 78.9 Å². The molecule has 0 aliphatic carbocycles. The van der Waals surface area contributed by atoms with Crippen molar-refractivity contribution in [2.45, 2.75) is 49.6 Å². The Hall–Kier alpha value is -3.19. The van der Waals surface area contributed by atoms with Crippen LogP contribution in [0.4, 0.5) is 5.82 Å². The number of aromatic amines is 1. The van der Waals surface area contributed by atoms with E-state index in [-0.39, 0.29) is 0 Å². The number of hydrogen-bond acceptors (Lipinski definition) is 6. The second-order valence-corrected chi connectivity index (χ2v) is 9.84. The monoisotopic (exact) mass is 456 g/mol. The van der Waals surface area contributed by atoms with Crippen LogP contribution in [0.2, 0.25) is 0 Å². The van der Waals surface area contributed by atoms with Gasteiger partial charge in [-0.05, 0) is 41.7 Å². The van der Waals surface area contributed by atoms with Crippen LogP contribution in [0.3, 0.4) is 0 Å². The summed E-state index contributed by atoms with van der Waals surface area (Å²) in [6.07, 6.45) is 4.04. The van der Waals surface area contributed by atoms with Crippen molar-refractivity contribution in [3.05, 3.63) is 65.9 Å². The van der Waals surface area contributed by atoms with Gasteiger partial charge < -0.3 is 5.32 Å². The molecular formula is C26H28N6S. The summed E-state index contributed by atoms with van der Waals surface area (Å²) >= 11 is 1.74. The Kier molecular flexibility index (Phi) is 6.39. The number of nitrogens with one attached hydrogen (secondary N) is 2. The Morgan fingerprint density at radius 2 is 1.85 bits per heavy atom. The van der Waals surface area contributed by atoms with Gasteiger partial charge in [0.1, 0.15) is 5.52 Å². The molecule has 1 atom stereocenters. The third-order valence-electron chi connectivity index (χ3n) is 5.88.